The quantitative estimate of drug-likeness (QED) is 0.217. The minimum Gasteiger partial charge on any atom is -0.450 e. The van der Waals surface area contributed by atoms with Gasteiger partial charge in [0.15, 0.2) is 0 Å². The first-order valence-electron chi connectivity index (χ1n) is 12.2. The number of benzene rings is 2. The van der Waals surface area contributed by atoms with Crippen molar-refractivity contribution in [2.75, 3.05) is 0 Å². The van der Waals surface area contributed by atoms with Crippen LogP contribution in [0.3, 0.4) is 0 Å². The van der Waals surface area contributed by atoms with Crippen LogP contribution in [0.5, 0.6) is 0 Å². The molecule has 1 N–H and O–H groups in total. The second kappa shape index (κ2) is 15.5. The summed E-state index contributed by atoms with van der Waals surface area (Å²) in [6.45, 7) is 2.22. The zero-order valence-electron chi connectivity index (χ0n) is 19.2. The average molecular weight is 425 g/mol. The van der Waals surface area contributed by atoms with Crippen LogP contribution in [0, 0.1) is 0 Å². The van der Waals surface area contributed by atoms with Crippen molar-refractivity contribution in [1.82, 2.24) is 0 Å². The Kier molecular flexibility index (Phi) is 12.5. The Morgan fingerprint density at radius 2 is 1.39 bits per heavy atom. The number of hydrogen-bond donors (Lipinski definition) is 1. The third-order valence-corrected chi connectivity index (χ3v) is 5.97. The molecule has 0 aliphatic rings. The van der Waals surface area contributed by atoms with Crippen LogP contribution in [0.25, 0.3) is 0 Å². The summed E-state index contributed by atoms with van der Waals surface area (Å²) >= 11 is 0. The highest BCUT2D eigenvalue weighted by molar-refractivity contribution is 5.57. The van der Waals surface area contributed by atoms with Crippen LogP contribution in [0.1, 0.15) is 100 Å². The van der Waals surface area contributed by atoms with E-state index >= 15 is 0 Å². The first kappa shape index (κ1) is 25.0. The van der Waals surface area contributed by atoms with Gasteiger partial charge in [0.25, 0.3) is 0 Å². The second-order valence-corrected chi connectivity index (χ2v) is 8.53. The number of aryl methyl sites for hydroxylation is 2. The maximum atomic E-state index is 11.3. The van der Waals surface area contributed by atoms with E-state index in [-0.39, 0.29) is 6.10 Å². The van der Waals surface area contributed by atoms with E-state index in [2.05, 4.69) is 43.3 Å². The lowest BCUT2D eigenvalue weighted by atomic mass is 9.94. The van der Waals surface area contributed by atoms with Crippen molar-refractivity contribution in [3.05, 3.63) is 71.3 Å². The molecule has 1 unspecified atom stereocenters. The largest absolute Gasteiger partial charge is 0.506 e. The van der Waals surface area contributed by atoms with Gasteiger partial charge in [-0.2, -0.15) is 0 Å². The lowest BCUT2D eigenvalue weighted by molar-refractivity contribution is 0.0460. The molecule has 3 heteroatoms. The van der Waals surface area contributed by atoms with Crippen LogP contribution in [0.2, 0.25) is 0 Å². The molecule has 2 aromatic carbocycles. The predicted octanol–water partition coefficient (Wildman–Crippen LogP) is 8.52. The van der Waals surface area contributed by atoms with Crippen LogP contribution < -0.4 is 0 Å². The highest BCUT2D eigenvalue weighted by atomic mass is 16.7. The Labute approximate surface area is 188 Å². The molecule has 0 heterocycles. The third-order valence-electron chi connectivity index (χ3n) is 5.97. The van der Waals surface area contributed by atoms with Crippen LogP contribution in [0.4, 0.5) is 4.79 Å². The number of rotatable bonds is 16. The summed E-state index contributed by atoms with van der Waals surface area (Å²) in [6.07, 6.45) is 13.3. The molecule has 0 aliphatic carbocycles. The summed E-state index contributed by atoms with van der Waals surface area (Å²) in [7, 11) is 0. The summed E-state index contributed by atoms with van der Waals surface area (Å²) in [5, 5.41) is 9.25. The van der Waals surface area contributed by atoms with Gasteiger partial charge in [0, 0.05) is 0 Å². The first-order valence-corrected chi connectivity index (χ1v) is 12.2. The van der Waals surface area contributed by atoms with Crippen molar-refractivity contribution >= 4 is 6.16 Å². The van der Waals surface area contributed by atoms with E-state index < -0.39 is 6.16 Å². The van der Waals surface area contributed by atoms with Crippen molar-refractivity contribution in [2.24, 2.45) is 0 Å². The zero-order chi connectivity index (χ0) is 22.2. The molecule has 1 atom stereocenters. The van der Waals surface area contributed by atoms with Crippen LogP contribution in [-0.2, 0) is 17.6 Å². The van der Waals surface area contributed by atoms with Gasteiger partial charge < -0.3 is 9.84 Å². The fourth-order valence-electron chi connectivity index (χ4n) is 4.23. The molecule has 0 bridgehead atoms. The van der Waals surface area contributed by atoms with Crippen molar-refractivity contribution in [3.63, 3.8) is 0 Å². The van der Waals surface area contributed by atoms with Crippen LogP contribution in [-0.4, -0.2) is 11.3 Å². The van der Waals surface area contributed by atoms with E-state index in [1.54, 1.807) is 0 Å². The van der Waals surface area contributed by atoms with Gasteiger partial charge in [-0.3, -0.25) is 0 Å². The van der Waals surface area contributed by atoms with Crippen molar-refractivity contribution < 1.29 is 14.6 Å². The first-order chi connectivity index (χ1) is 15.2. The smallest absolute Gasteiger partial charge is 0.450 e. The SMILES string of the molecule is CCCCCCc1ccccc1C(CCCCCCCCc1ccccc1)OC(=O)O. The van der Waals surface area contributed by atoms with E-state index in [1.165, 1.54) is 56.1 Å². The summed E-state index contributed by atoms with van der Waals surface area (Å²) in [6, 6.07) is 18.9. The fraction of sp³-hybridized carbons (Fsp3) is 0.536. The minimum absolute atomic E-state index is 0.349. The fourth-order valence-corrected chi connectivity index (χ4v) is 4.23. The lowest BCUT2D eigenvalue weighted by Gasteiger charge is -2.20. The van der Waals surface area contributed by atoms with Gasteiger partial charge in [-0.25, -0.2) is 4.79 Å². The average Bonchev–Trinajstić information content (AvgIpc) is 2.78. The molecule has 0 fully saturated rings. The van der Waals surface area contributed by atoms with Crippen molar-refractivity contribution in [1.29, 1.82) is 0 Å². The molecule has 3 nitrogen and oxygen atoms in total. The number of carbonyl (C=O) groups is 1. The Bertz CT molecular complexity index is 726. The molecule has 0 aliphatic heterocycles. The van der Waals surface area contributed by atoms with Gasteiger partial charge in [0.05, 0.1) is 0 Å². The summed E-state index contributed by atoms with van der Waals surface area (Å²) in [4.78, 5) is 11.3. The number of hydrogen-bond acceptors (Lipinski definition) is 2. The van der Waals surface area contributed by atoms with Gasteiger partial charge in [-0.1, -0.05) is 106 Å². The normalized spacial score (nSPS) is 11.9. The van der Waals surface area contributed by atoms with Gasteiger partial charge in [-0.05, 0) is 55.2 Å². The van der Waals surface area contributed by atoms with Crippen molar-refractivity contribution in [2.45, 2.75) is 96.5 Å². The Balaban J connectivity index is 1.73. The van der Waals surface area contributed by atoms with Crippen LogP contribution in [0.15, 0.2) is 54.6 Å². The predicted molar refractivity (Wildman–Crippen MR) is 129 cm³/mol. The highest BCUT2D eigenvalue weighted by Gasteiger charge is 2.19. The van der Waals surface area contributed by atoms with Crippen molar-refractivity contribution in [3.8, 4) is 0 Å². The summed E-state index contributed by atoms with van der Waals surface area (Å²) in [5.41, 5.74) is 3.72. The monoisotopic (exact) mass is 424 g/mol. The maximum absolute atomic E-state index is 11.3. The van der Waals surface area contributed by atoms with Crippen LogP contribution >= 0.6 is 0 Å². The summed E-state index contributed by atoms with van der Waals surface area (Å²) < 4.78 is 5.32. The summed E-state index contributed by atoms with van der Waals surface area (Å²) in [5.74, 6) is 0. The molecule has 0 amide bonds. The van der Waals surface area contributed by atoms with E-state index in [1.807, 2.05) is 18.2 Å². The number of ether oxygens (including phenoxy) is 1. The second-order valence-electron chi connectivity index (χ2n) is 8.53. The highest BCUT2D eigenvalue weighted by Crippen LogP contribution is 2.28. The molecular formula is C28H40O3. The molecule has 31 heavy (non-hydrogen) atoms. The van der Waals surface area contributed by atoms with Gasteiger partial charge in [-0.15, -0.1) is 0 Å². The van der Waals surface area contributed by atoms with Gasteiger partial charge in [0.1, 0.15) is 6.10 Å². The Hall–Kier alpha value is -2.29. The number of unbranched alkanes of at least 4 members (excludes halogenated alkanes) is 8. The molecule has 170 valence electrons. The Morgan fingerprint density at radius 3 is 2.13 bits per heavy atom. The number of carboxylic acid groups (broad SMARTS) is 1. The van der Waals surface area contributed by atoms with Gasteiger partial charge >= 0.3 is 6.16 Å². The van der Waals surface area contributed by atoms with Gasteiger partial charge in [0.2, 0.25) is 0 Å². The maximum Gasteiger partial charge on any atom is 0.506 e. The van der Waals surface area contributed by atoms with E-state index in [4.69, 9.17) is 4.74 Å². The van der Waals surface area contributed by atoms with E-state index in [9.17, 15) is 9.90 Å². The minimum atomic E-state index is -1.17. The lowest BCUT2D eigenvalue weighted by Crippen LogP contribution is -2.11. The molecule has 2 aromatic rings. The topological polar surface area (TPSA) is 46.5 Å². The molecule has 0 spiro atoms. The standard InChI is InChI=1S/C28H40O3/c1-2-3-4-13-20-25-21-15-16-22-26(25)27(31-28(29)30)23-14-8-6-5-7-10-17-24-18-11-9-12-19-24/h9,11-12,15-16,18-19,21-22,27H,2-8,10,13-14,17,20,23H2,1H3,(H,29,30). The molecule has 2 rings (SSSR count). The zero-order valence-corrected chi connectivity index (χ0v) is 19.2. The third kappa shape index (κ3) is 10.5. The Morgan fingerprint density at radius 1 is 0.774 bits per heavy atom. The molecular weight excluding hydrogens is 384 g/mol. The molecule has 0 radical (unpaired) electrons. The van der Waals surface area contributed by atoms with E-state index in [0.717, 1.165) is 44.1 Å². The molecule has 0 saturated carbocycles. The molecule has 0 saturated heterocycles. The van der Waals surface area contributed by atoms with E-state index in [0.29, 0.717) is 0 Å². The molecule has 0 aromatic heterocycles.